The van der Waals surface area contributed by atoms with Crippen LogP contribution in [-0.4, -0.2) is 32.5 Å². The smallest absolute Gasteiger partial charge is 0.407 e. The molecule has 4 N–H and O–H groups in total. The molecule has 6 rings (SSSR count). The highest BCUT2D eigenvalue weighted by atomic mass is 32.1. The first-order chi connectivity index (χ1) is 17.1. The number of pyridine rings is 1. The Morgan fingerprint density at radius 3 is 2.63 bits per heavy atom. The number of nitrogens with zero attached hydrogens (tertiary/aromatic N) is 3. The maximum absolute atomic E-state index is 12.3. The third-order valence-electron chi connectivity index (χ3n) is 6.21. The van der Waals surface area contributed by atoms with Crippen LogP contribution in [0, 0.1) is 0 Å². The molecule has 0 saturated heterocycles. The molecule has 3 aromatic heterocycles. The summed E-state index contributed by atoms with van der Waals surface area (Å²) in [5, 5.41) is 6.40. The molecule has 176 valence electrons. The van der Waals surface area contributed by atoms with Crippen molar-refractivity contribution < 1.29 is 9.53 Å². The fraction of sp³-hybridized carbons (Fsp3) is 0.192. The number of alkyl carbamates (subject to hydrolysis) is 1. The molecule has 2 aromatic carbocycles. The van der Waals surface area contributed by atoms with Crippen LogP contribution in [0.15, 0.2) is 72.9 Å². The lowest BCUT2D eigenvalue weighted by Crippen LogP contribution is -2.42. The molecule has 9 heteroatoms. The Bertz CT molecular complexity index is 1510. The van der Waals surface area contributed by atoms with Gasteiger partial charge in [-0.25, -0.2) is 14.8 Å². The summed E-state index contributed by atoms with van der Waals surface area (Å²) in [5.41, 5.74) is 10.1. The molecule has 35 heavy (non-hydrogen) atoms. The number of carbonyl (C=O) groups is 1. The molecule has 8 nitrogen and oxygen atoms in total. The van der Waals surface area contributed by atoms with Crippen LogP contribution in [-0.2, 0) is 11.3 Å². The van der Waals surface area contributed by atoms with Crippen LogP contribution in [0.1, 0.15) is 18.4 Å². The standard InChI is InChI=1S/C26H24N6O2S/c27-19-8-6-18(7-9-19)20-14-32-21-10-11-22(30-23(21)35-24(32)29-20)28-16-26(12-13-26)31-25(33)34-15-17-4-2-1-3-5-17/h1-11,14H,12-13,15-16,27H2,(H,28,30)(H,31,33). The number of anilines is 2. The summed E-state index contributed by atoms with van der Waals surface area (Å²) >= 11 is 1.54. The third-order valence-corrected chi connectivity index (χ3v) is 7.17. The Hall–Kier alpha value is -4.11. The van der Waals surface area contributed by atoms with Gasteiger partial charge in [0.15, 0.2) is 4.96 Å². The molecule has 0 bridgehead atoms. The average Bonchev–Trinajstić information content (AvgIpc) is 3.37. The topological polar surface area (TPSA) is 107 Å². The molecule has 1 amide bonds. The molecule has 5 aromatic rings. The molecule has 1 saturated carbocycles. The first-order valence-electron chi connectivity index (χ1n) is 11.4. The molecule has 1 fully saturated rings. The van der Waals surface area contributed by atoms with E-state index in [1.165, 1.54) is 0 Å². The minimum Gasteiger partial charge on any atom is -0.445 e. The highest BCUT2D eigenvalue weighted by molar-refractivity contribution is 7.23. The quantitative estimate of drug-likeness (QED) is 0.279. The van der Waals surface area contributed by atoms with Crippen molar-refractivity contribution in [3.8, 4) is 11.3 Å². The van der Waals surface area contributed by atoms with E-state index in [9.17, 15) is 4.79 Å². The summed E-state index contributed by atoms with van der Waals surface area (Å²) in [6, 6.07) is 21.4. The zero-order chi connectivity index (χ0) is 23.8. The van der Waals surface area contributed by atoms with Crippen molar-refractivity contribution in [1.29, 1.82) is 0 Å². The van der Waals surface area contributed by atoms with Gasteiger partial charge < -0.3 is 21.1 Å². The fourth-order valence-corrected chi connectivity index (χ4v) is 4.99. The van der Waals surface area contributed by atoms with E-state index in [1.54, 1.807) is 11.3 Å². The van der Waals surface area contributed by atoms with E-state index in [0.29, 0.717) is 6.54 Å². The van der Waals surface area contributed by atoms with Crippen LogP contribution in [0.3, 0.4) is 0 Å². The van der Waals surface area contributed by atoms with Crippen molar-refractivity contribution in [1.82, 2.24) is 19.7 Å². The van der Waals surface area contributed by atoms with E-state index >= 15 is 0 Å². The van der Waals surface area contributed by atoms with Gasteiger partial charge in [0.2, 0.25) is 0 Å². The van der Waals surface area contributed by atoms with E-state index in [0.717, 1.165) is 56.5 Å². The average molecular weight is 485 g/mol. The highest BCUT2D eigenvalue weighted by Gasteiger charge is 2.44. The van der Waals surface area contributed by atoms with Crippen LogP contribution >= 0.6 is 11.3 Å². The van der Waals surface area contributed by atoms with E-state index in [-0.39, 0.29) is 12.1 Å². The number of imidazole rings is 1. The molecule has 0 spiro atoms. The number of thiazole rings is 1. The number of nitrogen functional groups attached to an aromatic ring is 1. The highest BCUT2D eigenvalue weighted by Crippen LogP contribution is 2.36. The van der Waals surface area contributed by atoms with Crippen LogP contribution in [0.4, 0.5) is 16.3 Å². The Balaban J connectivity index is 1.10. The van der Waals surface area contributed by atoms with E-state index in [4.69, 9.17) is 20.4 Å². The second-order valence-corrected chi connectivity index (χ2v) is 9.80. The minimum absolute atomic E-state index is 0.259. The first kappa shape index (κ1) is 21.4. The number of rotatable bonds is 7. The van der Waals surface area contributed by atoms with Crippen LogP contribution in [0.5, 0.6) is 0 Å². The van der Waals surface area contributed by atoms with Crippen molar-refractivity contribution in [2.24, 2.45) is 0 Å². The number of fused-ring (bicyclic) bond motifs is 3. The van der Waals surface area contributed by atoms with Crippen molar-refractivity contribution >= 4 is 44.2 Å². The van der Waals surface area contributed by atoms with Crippen molar-refractivity contribution in [3.63, 3.8) is 0 Å². The van der Waals surface area contributed by atoms with Gasteiger partial charge in [0.1, 0.15) is 17.3 Å². The van der Waals surface area contributed by atoms with Gasteiger partial charge in [0, 0.05) is 24.0 Å². The molecule has 0 atom stereocenters. The van der Waals surface area contributed by atoms with Crippen molar-refractivity contribution in [2.75, 3.05) is 17.6 Å². The van der Waals surface area contributed by atoms with Crippen LogP contribution < -0.4 is 16.4 Å². The summed E-state index contributed by atoms with van der Waals surface area (Å²) in [5.74, 6) is 0.770. The SMILES string of the molecule is Nc1ccc(-c2cn3c(n2)sc2nc(NCC4(NC(=O)OCc5ccccc5)CC4)ccc23)cc1. The third kappa shape index (κ3) is 4.50. The Kier molecular flexibility index (Phi) is 5.26. The Morgan fingerprint density at radius 1 is 1.06 bits per heavy atom. The molecule has 0 aliphatic heterocycles. The van der Waals surface area contributed by atoms with Gasteiger partial charge in [-0.15, -0.1) is 0 Å². The van der Waals surface area contributed by atoms with Crippen LogP contribution in [0.25, 0.3) is 26.6 Å². The largest absolute Gasteiger partial charge is 0.445 e. The summed E-state index contributed by atoms with van der Waals surface area (Å²) in [4.78, 5) is 23.6. The van der Waals surface area contributed by atoms with E-state index < -0.39 is 6.09 Å². The number of hydrogen-bond donors (Lipinski definition) is 3. The molecular formula is C26H24N6O2S. The zero-order valence-electron chi connectivity index (χ0n) is 18.9. The molecule has 0 radical (unpaired) electrons. The summed E-state index contributed by atoms with van der Waals surface area (Å²) in [6.45, 7) is 0.852. The summed E-state index contributed by atoms with van der Waals surface area (Å²) in [7, 11) is 0. The first-order valence-corrected chi connectivity index (χ1v) is 12.3. The predicted molar refractivity (Wildman–Crippen MR) is 138 cm³/mol. The number of hydrogen-bond acceptors (Lipinski definition) is 7. The number of benzene rings is 2. The summed E-state index contributed by atoms with van der Waals surface area (Å²) in [6.07, 6.45) is 3.44. The number of ether oxygens (including phenoxy) is 1. The van der Waals surface area contributed by atoms with Gasteiger partial charge in [-0.05, 0) is 42.7 Å². The lowest BCUT2D eigenvalue weighted by molar-refractivity contribution is 0.135. The van der Waals surface area contributed by atoms with Crippen molar-refractivity contribution in [3.05, 3.63) is 78.5 Å². The maximum Gasteiger partial charge on any atom is 0.407 e. The molecule has 1 aliphatic carbocycles. The minimum atomic E-state index is -0.395. The molecule has 0 unspecified atom stereocenters. The van der Waals surface area contributed by atoms with Gasteiger partial charge in [-0.3, -0.25) is 4.40 Å². The number of nitrogens with two attached hydrogens (primary N) is 1. The molecular weight excluding hydrogens is 460 g/mol. The number of amides is 1. The predicted octanol–water partition coefficient (Wildman–Crippen LogP) is 5.06. The van der Waals surface area contributed by atoms with Crippen LogP contribution in [0.2, 0.25) is 0 Å². The second-order valence-electron chi connectivity index (χ2n) is 8.84. The number of aromatic nitrogens is 3. The molecule has 3 heterocycles. The zero-order valence-corrected chi connectivity index (χ0v) is 19.7. The fourth-order valence-electron chi connectivity index (χ4n) is 4.01. The van der Waals surface area contributed by atoms with Gasteiger partial charge in [-0.1, -0.05) is 53.8 Å². The lowest BCUT2D eigenvalue weighted by atomic mass is 10.1. The number of nitrogens with one attached hydrogen (secondary N) is 2. The second kappa shape index (κ2) is 8.59. The Morgan fingerprint density at radius 2 is 1.86 bits per heavy atom. The van der Waals surface area contributed by atoms with Gasteiger partial charge in [0.25, 0.3) is 0 Å². The van der Waals surface area contributed by atoms with E-state index in [2.05, 4.69) is 15.0 Å². The van der Waals surface area contributed by atoms with Gasteiger partial charge >= 0.3 is 6.09 Å². The summed E-state index contributed by atoms with van der Waals surface area (Å²) < 4.78 is 7.44. The van der Waals surface area contributed by atoms with Crippen molar-refractivity contribution in [2.45, 2.75) is 25.0 Å². The van der Waals surface area contributed by atoms with Gasteiger partial charge in [0.05, 0.1) is 16.7 Å². The maximum atomic E-state index is 12.3. The monoisotopic (exact) mass is 484 g/mol. The van der Waals surface area contributed by atoms with Gasteiger partial charge in [-0.2, -0.15) is 0 Å². The lowest BCUT2D eigenvalue weighted by Gasteiger charge is -2.18. The van der Waals surface area contributed by atoms with E-state index in [1.807, 2.05) is 72.9 Å². The Labute approximate surface area is 205 Å². The normalized spacial score (nSPS) is 14.2. The molecule has 1 aliphatic rings. The number of carbonyl (C=O) groups excluding carboxylic acids is 1.